The van der Waals surface area contributed by atoms with E-state index in [1.165, 1.54) is 6.19 Å². The van der Waals surface area contributed by atoms with Gasteiger partial charge in [0.2, 0.25) is 6.19 Å². The van der Waals surface area contributed by atoms with Crippen molar-refractivity contribution in [2.24, 2.45) is 4.99 Å². The number of Topliss-reactive ketones (excluding diaryl/α,β-unsaturated/α-hetero) is 1. The lowest BCUT2D eigenvalue weighted by Crippen LogP contribution is -2.45. The summed E-state index contributed by atoms with van der Waals surface area (Å²) < 4.78 is 13.4. The Morgan fingerprint density at radius 1 is 1.56 bits per heavy atom. The molecule has 0 radical (unpaired) electrons. The quantitative estimate of drug-likeness (QED) is 0.375. The molecular formula is C9H6FN5O3. The highest BCUT2D eigenvalue weighted by atomic mass is 19.1. The van der Waals surface area contributed by atoms with Gasteiger partial charge in [-0.3, -0.25) is 14.9 Å². The summed E-state index contributed by atoms with van der Waals surface area (Å²) in [6.07, 6.45) is 1.17. The molecule has 2 aliphatic rings. The van der Waals surface area contributed by atoms with Crippen LogP contribution < -0.4 is 10.6 Å². The van der Waals surface area contributed by atoms with Gasteiger partial charge in [-0.05, 0) is 0 Å². The van der Waals surface area contributed by atoms with Gasteiger partial charge >= 0.3 is 5.70 Å². The van der Waals surface area contributed by atoms with E-state index in [-0.39, 0.29) is 30.2 Å². The van der Waals surface area contributed by atoms with Crippen molar-refractivity contribution in [3.05, 3.63) is 33.0 Å². The molecule has 0 aromatic carbocycles. The molecule has 0 unspecified atom stereocenters. The smallest absolute Gasteiger partial charge is 0.350 e. The van der Waals surface area contributed by atoms with Crippen molar-refractivity contribution in [2.45, 2.75) is 6.42 Å². The zero-order chi connectivity index (χ0) is 13.3. The molecule has 1 aliphatic heterocycles. The molecule has 0 amide bonds. The fraction of sp³-hybridized carbons (Fsp3) is 0.222. The van der Waals surface area contributed by atoms with Gasteiger partial charge in [0.05, 0.1) is 11.5 Å². The Labute approximate surface area is 99.6 Å². The number of nitriles is 1. The highest BCUT2D eigenvalue weighted by Crippen LogP contribution is 2.27. The summed E-state index contributed by atoms with van der Waals surface area (Å²) in [6, 6.07) is 0. The lowest BCUT2D eigenvalue weighted by Gasteiger charge is -2.25. The van der Waals surface area contributed by atoms with Crippen LogP contribution in [0.5, 0.6) is 0 Å². The zero-order valence-electron chi connectivity index (χ0n) is 8.86. The van der Waals surface area contributed by atoms with Gasteiger partial charge in [-0.15, -0.1) is 0 Å². The number of nitrogens with one attached hydrogen (secondary N) is 2. The van der Waals surface area contributed by atoms with E-state index in [1.54, 1.807) is 0 Å². The van der Waals surface area contributed by atoms with Gasteiger partial charge in [0.1, 0.15) is 11.5 Å². The average molecular weight is 251 g/mol. The largest absolute Gasteiger partial charge is 0.379 e. The van der Waals surface area contributed by atoms with Crippen LogP contribution in [-0.2, 0) is 4.79 Å². The van der Waals surface area contributed by atoms with Crippen LogP contribution in [0.1, 0.15) is 6.42 Å². The van der Waals surface area contributed by atoms with Crippen molar-refractivity contribution in [1.82, 2.24) is 10.6 Å². The summed E-state index contributed by atoms with van der Waals surface area (Å²) >= 11 is 0. The van der Waals surface area contributed by atoms with Crippen molar-refractivity contribution in [3.63, 3.8) is 0 Å². The minimum atomic E-state index is -1.08. The van der Waals surface area contributed by atoms with Crippen LogP contribution in [0.2, 0.25) is 0 Å². The first kappa shape index (κ1) is 11.7. The number of nitro groups is 1. The number of ketones is 1. The van der Waals surface area contributed by atoms with Gasteiger partial charge in [-0.1, -0.05) is 0 Å². The van der Waals surface area contributed by atoms with Crippen LogP contribution in [0.3, 0.4) is 0 Å². The second kappa shape index (κ2) is 4.25. The fourth-order valence-corrected chi connectivity index (χ4v) is 1.68. The summed E-state index contributed by atoms with van der Waals surface area (Å²) in [7, 11) is 0. The lowest BCUT2D eigenvalue weighted by atomic mass is 10.0. The first-order chi connectivity index (χ1) is 8.54. The Balaban J connectivity index is 2.37. The van der Waals surface area contributed by atoms with Gasteiger partial charge in [0.15, 0.2) is 5.83 Å². The average Bonchev–Trinajstić information content (AvgIpc) is 2.30. The number of aliphatic imine (C=N–C) groups is 1. The molecule has 0 spiro atoms. The summed E-state index contributed by atoms with van der Waals surface area (Å²) in [5, 5.41) is 24.2. The Bertz CT molecular complexity index is 584. The van der Waals surface area contributed by atoms with Gasteiger partial charge in [0, 0.05) is 12.1 Å². The highest BCUT2D eigenvalue weighted by Gasteiger charge is 2.39. The number of allylic oxidation sites excluding steroid dienone is 1. The number of hydrogen-bond acceptors (Lipinski definition) is 6. The van der Waals surface area contributed by atoms with Crippen molar-refractivity contribution in [1.29, 1.82) is 5.26 Å². The number of amidine groups is 1. The Kier molecular flexibility index (Phi) is 2.77. The van der Waals surface area contributed by atoms with Gasteiger partial charge in [-0.2, -0.15) is 10.3 Å². The summed E-state index contributed by atoms with van der Waals surface area (Å²) in [6.45, 7) is 0.126. The molecule has 8 nitrogen and oxygen atoms in total. The molecule has 1 heterocycles. The van der Waals surface area contributed by atoms with Crippen LogP contribution >= 0.6 is 0 Å². The third kappa shape index (κ3) is 1.80. The summed E-state index contributed by atoms with van der Waals surface area (Å²) in [4.78, 5) is 24.6. The number of carbonyl (C=O) groups excluding carboxylic acids is 1. The molecular weight excluding hydrogens is 245 g/mol. The zero-order valence-corrected chi connectivity index (χ0v) is 8.86. The normalized spacial score (nSPS) is 21.1. The molecule has 0 saturated heterocycles. The van der Waals surface area contributed by atoms with Gasteiger partial charge in [-0.25, -0.2) is 4.39 Å². The van der Waals surface area contributed by atoms with Gasteiger partial charge in [0.25, 0.3) is 5.78 Å². The number of carbonyl (C=O) groups is 1. The molecule has 0 bridgehead atoms. The first-order valence-corrected chi connectivity index (χ1v) is 4.82. The topological polar surface area (TPSA) is 120 Å². The minimum absolute atomic E-state index is 0.126. The SMILES string of the molecule is N#C/N=C1\CNC2=C(N1)C(=O)C([N+](=O)[O-])=C(F)C2. The fourth-order valence-electron chi connectivity index (χ4n) is 1.68. The predicted molar refractivity (Wildman–Crippen MR) is 56.0 cm³/mol. The summed E-state index contributed by atoms with van der Waals surface area (Å²) in [5.41, 5.74) is -0.996. The Morgan fingerprint density at radius 2 is 2.28 bits per heavy atom. The number of halogens is 1. The molecule has 0 fully saturated rings. The van der Waals surface area contributed by atoms with E-state index in [4.69, 9.17) is 5.26 Å². The maximum Gasteiger partial charge on any atom is 0.350 e. The molecule has 0 saturated carbocycles. The molecule has 0 aromatic rings. The van der Waals surface area contributed by atoms with E-state index in [9.17, 15) is 19.3 Å². The molecule has 2 N–H and O–H groups in total. The third-order valence-electron chi connectivity index (χ3n) is 2.44. The van der Waals surface area contributed by atoms with E-state index in [1.807, 2.05) is 0 Å². The molecule has 18 heavy (non-hydrogen) atoms. The van der Waals surface area contributed by atoms with E-state index >= 15 is 0 Å². The second-order valence-electron chi connectivity index (χ2n) is 3.51. The van der Waals surface area contributed by atoms with E-state index in [0.717, 1.165) is 0 Å². The molecule has 2 rings (SSSR count). The van der Waals surface area contributed by atoms with Crippen LogP contribution in [0.25, 0.3) is 0 Å². The molecule has 92 valence electrons. The van der Waals surface area contributed by atoms with E-state index in [2.05, 4.69) is 15.6 Å². The Morgan fingerprint density at radius 3 is 2.89 bits per heavy atom. The summed E-state index contributed by atoms with van der Waals surface area (Å²) in [5.74, 6) is -2.00. The maximum absolute atomic E-state index is 13.4. The number of hydrogen-bond donors (Lipinski definition) is 2. The number of rotatable bonds is 1. The maximum atomic E-state index is 13.4. The van der Waals surface area contributed by atoms with Crippen molar-refractivity contribution >= 4 is 11.6 Å². The predicted octanol–water partition coefficient (Wildman–Crippen LogP) is -0.299. The van der Waals surface area contributed by atoms with Crippen LogP contribution in [0.15, 0.2) is 27.9 Å². The van der Waals surface area contributed by atoms with Gasteiger partial charge < -0.3 is 10.6 Å². The monoisotopic (exact) mass is 251 g/mol. The lowest BCUT2D eigenvalue weighted by molar-refractivity contribution is -0.421. The third-order valence-corrected chi connectivity index (χ3v) is 2.44. The minimum Gasteiger partial charge on any atom is -0.379 e. The Hall–Kier alpha value is -2.76. The molecule has 1 aliphatic carbocycles. The number of nitrogens with zero attached hydrogens (tertiary/aromatic N) is 3. The van der Waals surface area contributed by atoms with Crippen LogP contribution in [-0.4, -0.2) is 23.1 Å². The highest BCUT2D eigenvalue weighted by molar-refractivity contribution is 6.11. The molecule has 0 atom stereocenters. The van der Waals surface area contributed by atoms with Crippen molar-refractivity contribution in [3.8, 4) is 6.19 Å². The first-order valence-electron chi connectivity index (χ1n) is 4.82. The molecule has 9 heteroatoms. The van der Waals surface area contributed by atoms with E-state index < -0.39 is 22.2 Å². The van der Waals surface area contributed by atoms with Crippen LogP contribution in [0, 0.1) is 21.6 Å². The standard InChI is InChI=1S/C9H6FN5O3/c10-4-1-5-7(9(16)8(4)15(17)18)14-6(2-12-5)13-3-11/h12H,1-2H2,(H,13,14). The van der Waals surface area contributed by atoms with Crippen LogP contribution in [0.4, 0.5) is 4.39 Å². The van der Waals surface area contributed by atoms with E-state index in [0.29, 0.717) is 0 Å². The van der Waals surface area contributed by atoms with Crippen molar-refractivity contribution in [2.75, 3.05) is 6.54 Å². The second-order valence-corrected chi connectivity index (χ2v) is 3.51. The molecule has 0 aromatic heterocycles. The van der Waals surface area contributed by atoms with Crippen molar-refractivity contribution < 1.29 is 14.1 Å².